The van der Waals surface area contributed by atoms with Gasteiger partial charge in [0.05, 0.1) is 17.0 Å². The van der Waals surface area contributed by atoms with Crippen molar-refractivity contribution in [2.75, 3.05) is 4.90 Å². The lowest BCUT2D eigenvalue weighted by molar-refractivity contribution is -0.122. The maximum Gasteiger partial charge on any atom is 0.252 e. The van der Waals surface area contributed by atoms with Crippen molar-refractivity contribution >= 4 is 50.1 Å². The number of imide groups is 1. The van der Waals surface area contributed by atoms with Crippen molar-refractivity contribution in [2.24, 2.45) is 0 Å². The fraction of sp³-hybridized carbons (Fsp3) is 0.259. The van der Waals surface area contributed by atoms with E-state index in [2.05, 4.69) is 22.6 Å². The number of hydrogen-bond donors (Lipinski definition) is 0. The predicted octanol–water partition coefficient (Wildman–Crippen LogP) is 5.19. The van der Waals surface area contributed by atoms with E-state index in [1.165, 1.54) is 24.3 Å². The molecule has 1 aliphatic rings. The van der Waals surface area contributed by atoms with Gasteiger partial charge in [0.2, 0.25) is 15.9 Å². The molecule has 0 bridgehead atoms. The Balaban J connectivity index is 1.84. The molecule has 2 amide bonds. The SMILES string of the molecule is Cc1cc(C)c(C)c(S(=O)(=O)N(Cc2ccc(F)cc2)C2CC(=O)N(c3ccc(I)cc3)C2=O)c1C. The van der Waals surface area contributed by atoms with Gasteiger partial charge in [-0.25, -0.2) is 17.7 Å². The van der Waals surface area contributed by atoms with Gasteiger partial charge in [-0.1, -0.05) is 18.2 Å². The molecule has 1 atom stereocenters. The molecule has 1 fully saturated rings. The van der Waals surface area contributed by atoms with Crippen LogP contribution >= 0.6 is 22.6 Å². The van der Waals surface area contributed by atoms with Gasteiger partial charge < -0.3 is 0 Å². The van der Waals surface area contributed by atoms with Crippen molar-refractivity contribution in [3.8, 4) is 0 Å². The summed E-state index contributed by atoms with van der Waals surface area (Å²) in [7, 11) is -4.23. The zero-order valence-corrected chi connectivity index (χ0v) is 23.4. The Kier molecular flexibility index (Phi) is 7.36. The second-order valence-corrected chi connectivity index (χ2v) is 12.1. The van der Waals surface area contributed by atoms with Crippen LogP contribution in [0.25, 0.3) is 0 Å². The minimum Gasteiger partial charge on any atom is -0.274 e. The van der Waals surface area contributed by atoms with E-state index < -0.39 is 33.7 Å². The minimum absolute atomic E-state index is 0.134. The van der Waals surface area contributed by atoms with Crippen LogP contribution in [0.1, 0.15) is 34.2 Å². The number of sulfonamides is 1. The first-order chi connectivity index (χ1) is 16.9. The summed E-state index contributed by atoms with van der Waals surface area (Å²) in [5.74, 6) is -1.53. The van der Waals surface area contributed by atoms with Gasteiger partial charge in [-0.05, 0) is 115 Å². The Hall–Kier alpha value is -2.63. The molecule has 1 heterocycles. The van der Waals surface area contributed by atoms with Crippen LogP contribution in [0.2, 0.25) is 0 Å². The second kappa shape index (κ2) is 10.0. The first kappa shape index (κ1) is 26.4. The highest BCUT2D eigenvalue weighted by atomic mass is 127. The highest BCUT2D eigenvalue weighted by molar-refractivity contribution is 14.1. The number of hydrogen-bond acceptors (Lipinski definition) is 4. The summed E-state index contributed by atoms with van der Waals surface area (Å²) in [5.41, 5.74) is 3.71. The molecule has 1 unspecified atom stereocenters. The third-order valence-corrected chi connectivity index (χ3v) is 9.52. The molecule has 0 N–H and O–H groups in total. The van der Waals surface area contributed by atoms with Gasteiger partial charge in [0.15, 0.2) is 0 Å². The van der Waals surface area contributed by atoms with Gasteiger partial charge in [0, 0.05) is 10.1 Å². The summed E-state index contributed by atoms with van der Waals surface area (Å²) in [4.78, 5) is 27.8. The van der Waals surface area contributed by atoms with Crippen LogP contribution in [0.3, 0.4) is 0 Å². The molecule has 0 radical (unpaired) electrons. The summed E-state index contributed by atoms with van der Waals surface area (Å²) in [6.07, 6.45) is -0.284. The number of aryl methyl sites for hydroxylation is 2. The summed E-state index contributed by atoms with van der Waals surface area (Å²) < 4.78 is 44.1. The zero-order valence-electron chi connectivity index (χ0n) is 20.4. The van der Waals surface area contributed by atoms with Crippen LogP contribution in [0, 0.1) is 37.1 Å². The molecule has 188 valence electrons. The lowest BCUT2D eigenvalue weighted by Crippen LogP contribution is -2.45. The summed E-state index contributed by atoms with van der Waals surface area (Å²) in [6.45, 7) is 6.98. The maximum absolute atomic E-state index is 14.2. The molecular weight excluding hydrogens is 594 g/mol. The Labute approximate surface area is 224 Å². The largest absolute Gasteiger partial charge is 0.274 e. The lowest BCUT2D eigenvalue weighted by Gasteiger charge is -2.29. The highest BCUT2D eigenvalue weighted by Crippen LogP contribution is 2.34. The Morgan fingerprint density at radius 2 is 1.50 bits per heavy atom. The molecule has 3 aromatic rings. The molecule has 4 rings (SSSR count). The van der Waals surface area contributed by atoms with Crippen molar-refractivity contribution in [3.63, 3.8) is 0 Å². The van der Waals surface area contributed by atoms with Gasteiger partial charge in [0.25, 0.3) is 5.91 Å². The van der Waals surface area contributed by atoms with E-state index in [0.717, 1.165) is 23.9 Å². The van der Waals surface area contributed by atoms with E-state index in [9.17, 15) is 22.4 Å². The molecule has 9 heteroatoms. The topological polar surface area (TPSA) is 74.8 Å². The van der Waals surface area contributed by atoms with Gasteiger partial charge in [-0.2, -0.15) is 4.31 Å². The van der Waals surface area contributed by atoms with Gasteiger partial charge >= 0.3 is 0 Å². The maximum atomic E-state index is 14.2. The summed E-state index contributed by atoms with van der Waals surface area (Å²) >= 11 is 2.13. The molecule has 3 aromatic carbocycles. The normalized spacial score (nSPS) is 16.3. The molecule has 0 aliphatic carbocycles. The van der Waals surface area contributed by atoms with E-state index in [1.54, 1.807) is 38.1 Å². The average Bonchev–Trinajstić information content (AvgIpc) is 3.11. The van der Waals surface area contributed by atoms with Crippen LogP contribution in [-0.4, -0.2) is 30.6 Å². The van der Waals surface area contributed by atoms with Crippen LogP contribution in [0.4, 0.5) is 10.1 Å². The van der Waals surface area contributed by atoms with Gasteiger partial charge in [-0.15, -0.1) is 0 Å². The van der Waals surface area contributed by atoms with E-state index in [1.807, 2.05) is 19.9 Å². The van der Waals surface area contributed by atoms with Gasteiger partial charge in [-0.3, -0.25) is 9.59 Å². The van der Waals surface area contributed by atoms with Crippen LogP contribution in [-0.2, 0) is 26.2 Å². The summed E-state index contributed by atoms with van der Waals surface area (Å²) in [5, 5.41) is 0. The predicted molar refractivity (Wildman–Crippen MR) is 145 cm³/mol. The monoisotopic (exact) mass is 620 g/mol. The van der Waals surface area contributed by atoms with Crippen LogP contribution in [0.15, 0.2) is 59.5 Å². The minimum atomic E-state index is -4.23. The second-order valence-electron chi connectivity index (χ2n) is 9.03. The number of carbonyl (C=O) groups excluding carboxylic acids is 2. The van der Waals surface area contributed by atoms with Crippen molar-refractivity contribution in [1.29, 1.82) is 0 Å². The standard InChI is InChI=1S/C27H26FIN2O4S/c1-16-13-17(2)19(4)26(18(16)3)36(34,35)30(15-20-5-7-21(28)8-6-20)24-14-25(32)31(27(24)33)23-11-9-22(29)10-12-23/h5-13,24H,14-15H2,1-4H3. The van der Waals surface area contributed by atoms with Gasteiger partial charge in [0.1, 0.15) is 11.9 Å². The molecule has 36 heavy (non-hydrogen) atoms. The molecule has 6 nitrogen and oxygen atoms in total. The molecule has 0 spiro atoms. The number of halogens is 2. The molecule has 1 saturated heterocycles. The fourth-order valence-corrected chi connectivity index (χ4v) is 7.03. The Morgan fingerprint density at radius 3 is 2.06 bits per heavy atom. The molecule has 0 aromatic heterocycles. The number of amides is 2. The van der Waals surface area contributed by atoms with Crippen LogP contribution in [0.5, 0.6) is 0 Å². The molecule has 0 saturated carbocycles. The Morgan fingerprint density at radius 1 is 0.944 bits per heavy atom. The number of nitrogens with zero attached hydrogens (tertiary/aromatic N) is 2. The van der Waals surface area contributed by atoms with E-state index in [0.29, 0.717) is 22.4 Å². The highest BCUT2D eigenvalue weighted by Gasteiger charge is 2.47. The Bertz CT molecular complexity index is 1430. The zero-order chi connectivity index (χ0) is 26.4. The number of anilines is 1. The quantitative estimate of drug-likeness (QED) is 0.281. The van der Waals surface area contributed by atoms with Crippen molar-refractivity contribution in [1.82, 2.24) is 4.31 Å². The van der Waals surface area contributed by atoms with E-state index in [-0.39, 0.29) is 17.9 Å². The first-order valence-corrected chi connectivity index (χ1v) is 13.9. The number of benzene rings is 3. The third kappa shape index (κ3) is 4.83. The third-order valence-electron chi connectivity index (χ3n) is 6.67. The fourth-order valence-electron chi connectivity index (χ4n) is 4.52. The smallest absolute Gasteiger partial charge is 0.252 e. The van der Waals surface area contributed by atoms with E-state index in [4.69, 9.17) is 0 Å². The number of rotatable bonds is 6. The van der Waals surface area contributed by atoms with Crippen molar-refractivity contribution in [2.45, 2.75) is 51.6 Å². The lowest BCUT2D eigenvalue weighted by atomic mass is 10.0. The van der Waals surface area contributed by atoms with Crippen molar-refractivity contribution < 1.29 is 22.4 Å². The number of carbonyl (C=O) groups is 2. The first-order valence-electron chi connectivity index (χ1n) is 11.4. The van der Waals surface area contributed by atoms with Crippen LogP contribution < -0.4 is 4.90 Å². The van der Waals surface area contributed by atoms with E-state index >= 15 is 0 Å². The average molecular weight is 620 g/mol. The summed E-state index contributed by atoms with van der Waals surface area (Å²) in [6, 6.07) is 13.0. The molecular formula is C27H26FIN2O4S. The van der Waals surface area contributed by atoms with Crippen molar-refractivity contribution in [3.05, 3.63) is 91.8 Å². The molecule has 1 aliphatic heterocycles.